The number of carbonyl (C=O) groups is 1. The van der Waals surface area contributed by atoms with E-state index in [9.17, 15) is 13.2 Å². The lowest BCUT2D eigenvalue weighted by molar-refractivity contribution is -0.116. The Morgan fingerprint density at radius 1 is 1.03 bits per heavy atom. The maximum atomic E-state index is 12.8. The SMILES string of the molecule is CCNc1ccc(S(=O)(=O)N(CC)CC)cc1NC(=O)CCc1ccc(C#N)cc1. The molecule has 0 aromatic heterocycles. The Balaban J connectivity index is 2.19. The predicted molar refractivity (Wildman–Crippen MR) is 119 cm³/mol. The Bertz CT molecular complexity index is 1010. The number of sulfonamides is 1. The number of hydrogen-bond acceptors (Lipinski definition) is 5. The Hall–Kier alpha value is -2.89. The Labute approximate surface area is 178 Å². The Morgan fingerprint density at radius 3 is 2.27 bits per heavy atom. The molecule has 30 heavy (non-hydrogen) atoms. The van der Waals surface area contributed by atoms with Crippen LogP contribution in [-0.2, 0) is 21.2 Å². The quantitative estimate of drug-likeness (QED) is 0.602. The third kappa shape index (κ3) is 5.81. The molecule has 0 radical (unpaired) electrons. The number of rotatable bonds is 10. The monoisotopic (exact) mass is 428 g/mol. The summed E-state index contributed by atoms with van der Waals surface area (Å²) in [7, 11) is -3.63. The van der Waals surface area contributed by atoms with Gasteiger partial charge in [-0.15, -0.1) is 0 Å². The summed E-state index contributed by atoms with van der Waals surface area (Å²) in [5.74, 6) is -0.212. The predicted octanol–water partition coefficient (Wildman–Crippen LogP) is 3.59. The fourth-order valence-electron chi connectivity index (χ4n) is 3.06. The average Bonchev–Trinajstić information content (AvgIpc) is 2.74. The molecule has 2 aromatic rings. The van der Waals surface area contributed by atoms with E-state index in [4.69, 9.17) is 5.26 Å². The molecule has 0 aliphatic carbocycles. The molecule has 0 aliphatic rings. The van der Waals surface area contributed by atoms with Gasteiger partial charge >= 0.3 is 0 Å². The zero-order valence-corrected chi connectivity index (χ0v) is 18.4. The van der Waals surface area contributed by atoms with E-state index in [1.807, 2.05) is 19.1 Å². The van der Waals surface area contributed by atoms with Crippen molar-refractivity contribution in [1.29, 1.82) is 5.26 Å². The third-order valence-electron chi connectivity index (χ3n) is 4.70. The molecule has 0 saturated carbocycles. The lowest BCUT2D eigenvalue weighted by Gasteiger charge is -2.20. The number of anilines is 2. The molecule has 0 bridgehead atoms. The van der Waals surface area contributed by atoms with Crippen LogP contribution >= 0.6 is 0 Å². The van der Waals surface area contributed by atoms with Crippen molar-refractivity contribution in [1.82, 2.24) is 4.31 Å². The van der Waals surface area contributed by atoms with Crippen LogP contribution in [0.1, 0.15) is 38.3 Å². The molecule has 2 N–H and O–H groups in total. The molecule has 0 unspecified atom stereocenters. The van der Waals surface area contributed by atoms with Crippen molar-refractivity contribution in [3.63, 3.8) is 0 Å². The van der Waals surface area contributed by atoms with Crippen LogP contribution in [0.25, 0.3) is 0 Å². The zero-order chi connectivity index (χ0) is 22.1. The van der Waals surface area contributed by atoms with Crippen LogP contribution in [0.5, 0.6) is 0 Å². The largest absolute Gasteiger partial charge is 0.384 e. The lowest BCUT2D eigenvalue weighted by atomic mass is 10.1. The third-order valence-corrected chi connectivity index (χ3v) is 6.75. The van der Waals surface area contributed by atoms with E-state index in [0.29, 0.717) is 43.0 Å². The van der Waals surface area contributed by atoms with Crippen LogP contribution in [0.15, 0.2) is 47.4 Å². The van der Waals surface area contributed by atoms with Crippen molar-refractivity contribution in [2.24, 2.45) is 0 Å². The summed E-state index contributed by atoms with van der Waals surface area (Å²) >= 11 is 0. The van der Waals surface area contributed by atoms with Gasteiger partial charge in [-0.25, -0.2) is 8.42 Å². The molecule has 160 valence electrons. The Kier molecular flexibility index (Phi) is 8.39. The standard InChI is InChI=1S/C22H28N4O3S/c1-4-24-20-13-12-19(30(28,29)26(5-2)6-3)15-21(20)25-22(27)14-11-17-7-9-18(16-23)10-8-17/h7-10,12-13,15,24H,4-6,11,14H2,1-3H3,(H,25,27). The summed E-state index contributed by atoms with van der Waals surface area (Å²) < 4.78 is 27.0. The van der Waals surface area contributed by atoms with Crippen molar-refractivity contribution >= 4 is 27.3 Å². The molecule has 0 atom stereocenters. The number of hydrogen-bond donors (Lipinski definition) is 2. The van der Waals surface area contributed by atoms with Gasteiger partial charge in [0, 0.05) is 26.1 Å². The molecule has 0 heterocycles. The molecular formula is C22H28N4O3S. The van der Waals surface area contributed by atoms with Crippen LogP contribution in [-0.4, -0.2) is 38.3 Å². The van der Waals surface area contributed by atoms with Crippen molar-refractivity contribution in [2.45, 2.75) is 38.5 Å². The van der Waals surface area contributed by atoms with E-state index in [0.717, 1.165) is 5.56 Å². The van der Waals surface area contributed by atoms with Crippen LogP contribution in [0.2, 0.25) is 0 Å². The average molecular weight is 429 g/mol. The highest BCUT2D eigenvalue weighted by molar-refractivity contribution is 7.89. The minimum Gasteiger partial charge on any atom is -0.384 e. The fraction of sp³-hybridized carbons (Fsp3) is 0.364. The topological polar surface area (TPSA) is 102 Å². The normalized spacial score (nSPS) is 11.2. The second-order valence-corrected chi connectivity index (χ2v) is 8.62. The van der Waals surface area contributed by atoms with Gasteiger partial charge in [0.05, 0.1) is 27.9 Å². The minimum absolute atomic E-state index is 0.148. The Morgan fingerprint density at radius 2 is 1.70 bits per heavy atom. The summed E-state index contributed by atoms with van der Waals surface area (Å²) in [4.78, 5) is 12.7. The van der Waals surface area contributed by atoms with Gasteiger partial charge in [0.25, 0.3) is 0 Å². The number of amides is 1. The van der Waals surface area contributed by atoms with Crippen LogP contribution in [0.4, 0.5) is 11.4 Å². The number of carbonyl (C=O) groups excluding carboxylic acids is 1. The highest BCUT2D eigenvalue weighted by atomic mass is 32.2. The first-order valence-corrected chi connectivity index (χ1v) is 11.5. The van der Waals surface area contributed by atoms with E-state index < -0.39 is 10.0 Å². The molecule has 1 amide bonds. The van der Waals surface area contributed by atoms with Crippen LogP contribution < -0.4 is 10.6 Å². The van der Waals surface area contributed by atoms with Gasteiger partial charge in [0.15, 0.2) is 0 Å². The molecule has 0 aliphatic heterocycles. The van der Waals surface area contributed by atoms with E-state index in [-0.39, 0.29) is 17.2 Å². The number of nitrogens with one attached hydrogen (secondary N) is 2. The summed E-state index contributed by atoms with van der Waals surface area (Å²) in [5, 5.41) is 14.8. The first-order chi connectivity index (χ1) is 14.3. The van der Waals surface area contributed by atoms with E-state index in [1.54, 1.807) is 38.1 Å². The highest BCUT2D eigenvalue weighted by Crippen LogP contribution is 2.27. The fourth-order valence-corrected chi connectivity index (χ4v) is 4.55. The van der Waals surface area contributed by atoms with Gasteiger partial charge in [-0.05, 0) is 49.2 Å². The highest BCUT2D eigenvalue weighted by Gasteiger charge is 2.23. The maximum Gasteiger partial charge on any atom is 0.243 e. The van der Waals surface area contributed by atoms with Crippen LogP contribution in [0.3, 0.4) is 0 Å². The maximum absolute atomic E-state index is 12.8. The molecule has 0 saturated heterocycles. The van der Waals surface area contributed by atoms with Gasteiger partial charge in [0.1, 0.15) is 0 Å². The summed E-state index contributed by atoms with van der Waals surface area (Å²) in [6.07, 6.45) is 0.760. The van der Waals surface area contributed by atoms with Gasteiger partial charge in [-0.3, -0.25) is 4.79 Å². The second kappa shape index (κ2) is 10.8. The molecule has 8 heteroatoms. The molecule has 2 aromatic carbocycles. The van der Waals surface area contributed by atoms with Crippen molar-refractivity contribution in [3.8, 4) is 6.07 Å². The van der Waals surface area contributed by atoms with Crippen LogP contribution in [0, 0.1) is 11.3 Å². The van der Waals surface area contributed by atoms with Crippen molar-refractivity contribution < 1.29 is 13.2 Å². The number of benzene rings is 2. The van der Waals surface area contributed by atoms with Crippen molar-refractivity contribution in [2.75, 3.05) is 30.3 Å². The molecular weight excluding hydrogens is 400 g/mol. The van der Waals surface area contributed by atoms with Gasteiger partial charge in [-0.1, -0.05) is 26.0 Å². The van der Waals surface area contributed by atoms with E-state index >= 15 is 0 Å². The molecule has 2 rings (SSSR count). The molecule has 7 nitrogen and oxygen atoms in total. The first kappa shape index (κ1) is 23.4. The lowest BCUT2D eigenvalue weighted by Crippen LogP contribution is -2.30. The van der Waals surface area contributed by atoms with Gasteiger partial charge in [0.2, 0.25) is 15.9 Å². The zero-order valence-electron chi connectivity index (χ0n) is 17.6. The number of nitriles is 1. The number of aryl methyl sites for hydroxylation is 1. The first-order valence-electron chi connectivity index (χ1n) is 10.0. The van der Waals surface area contributed by atoms with E-state index in [2.05, 4.69) is 16.7 Å². The number of nitrogens with zero attached hydrogens (tertiary/aromatic N) is 2. The minimum atomic E-state index is -3.63. The molecule has 0 fully saturated rings. The summed E-state index contributed by atoms with van der Waals surface area (Å²) in [6, 6.07) is 13.9. The molecule has 0 spiro atoms. The van der Waals surface area contributed by atoms with Gasteiger partial charge in [-0.2, -0.15) is 9.57 Å². The van der Waals surface area contributed by atoms with Gasteiger partial charge < -0.3 is 10.6 Å². The summed E-state index contributed by atoms with van der Waals surface area (Å²) in [5.41, 5.74) is 2.64. The second-order valence-electron chi connectivity index (χ2n) is 6.68. The van der Waals surface area contributed by atoms with E-state index in [1.165, 1.54) is 10.4 Å². The van der Waals surface area contributed by atoms with Crippen molar-refractivity contribution in [3.05, 3.63) is 53.6 Å². The summed E-state index contributed by atoms with van der Waals surface area (Å²) in [6.45, 7) is 6.90. The smallest absolute Gasteiger partial charge is 0.243 e.